The number of nitrogens with zero attached hydrogens (tertiary/aromatic N) is 1. The first-order valence-corrected chi connectivity index (χ1v) is 7.73. The first kappa shape index (κ1) is 17.0. The van der Waals surface area contributed by atoms with E-state index in [2.05, 4.69) is 44.5 Å². The van der Waals surface area contributed by atoms with E-state index < -0.39 is 0 Å². The van der Waals surface area contributed by atoms with Crippen LogP contribution in [0.2, 0.25) is 0 Å². The van der Waals surface area contributed by atoms with Gasteiger partial charge >= 0.3 is 5.97 Å². The van der Waals surface area contributed by atoms with Crippen LogP contribution in [0.5, 0.6) is 0 Å². The molecule has 23 heavy (non-hydrogen) atoms. The average molecular weight is 313 g/mol. The minimum atomic E-state index is -0.327. The molecular weight excluding hydrogens is 290 g/mol. The lowest BCUT2D eigenvalue weighted by atomic mass is 9.86. The highest BCUT2D eigenvalue weighted by Gasteiger charge is 2.19. The Balaban J connectivity index is 2.36. The number of aromatic nitrogens is 1. The Hall–Kier alpha value is -2.36. The van der Waals surface area contributed by atoms with Gasteiger partial charge in [-0.25, -0.2) is 4.98 Å². The molecule has 0 amide bonds. The third kappa shape index (κ3) is 4.09. The molecule has 0 spiro atoms. The zero-order valence-corrected chi connectivity index (χ0v) is 14.2. The van der Waals surface area contributed by atoms with E-state index in [1.807, 2.05) is 12.1 Å². The van der Waals surface area contributed by atoms with Crippen LogP contribution in [0, 0.1) is 0 Å². The molecule has 2 aromatic rings. The molecule has 1 aromatic heterocycles. The van der Waals surface area contributed by atoms with Crippen molar-refractivity contribution >= 4 is 12.0 Å². The van der Waals surface area contributed by atoms with Crippen LogP contribution in [-0.4, -0.2) is 17.6 Å². The standard InChI is InChI=1S/C19H23NO3/c1-6-16-20-18(15(23-16)12-17(21)22-7-2)13-8-10-14(11-9-13)19(3,4)5/h6,8-11H,1,7,12H2,2-5H3. The number of benzene rings is 1. The van der Waals surface area contributed by atoms with E-state index in [-0.39, 0.29) is 17.8 Å². The van der Waals surface area contributed by atoms with Gasteiger partial charge < -0.3 is 9.15 Å². The molecule has 4 nitrogen and oxygen atoms in total. The third-order valence-electron chi connectivity index (χ3n) is 3.52. The fourth-order valence-electron chi connectivity index (χ4n) is 2.27. The summed E-state index contributed by atoms with van der Waals surface area (Å²) >= 11 is 0. The van der Waals surface area contributed by atoms with Gasteiger partial charge in [-0.3, -0.25) is 4.79 Å². The highest BCUT2D eigenvalue weighted by molar-refractivity contribution is 5.75. The first-order valence-electron chi connectivity index (χ1n) is 7.73. The van der Waals surface area contributed by atoms with Crippen molar-refractivity contribution < 1.29 is 13.9 Å². The van der Waals surface area contributed by atoms with Gasteiger partial charge in [0.1, 0.15) is 17.9 Å². The predicted octanol–water partition coefficient (Wildman–Crippen LogP) is 4.39. The average Bonchev–Trinajstić information content (AvgIpc) is 2.89. The summed E-state index contributed by atoms with van der Waals surface area (Å²) in [6.45, 7) is 12.3. The zero-order valence-electron chi connectivity index (χ0n) is 14.2. The van der Waals surface area contributed by atoms with E-state index in [9.17, 15) is 4.79 Å². The molecule has 1 heterocycles. The molecule has 0 unspecified atom stereocenters. The zero-order chi connectivity index (χ0) is 17.0. The van der Waals surface area contributed by atoms with E-state index >= 15 is 0 Å². The topological polar surface area (TPSA) is 52.3 Å². The van der Waals surface area contributed by atoms with Gasteiger partial charge in [0.2, 0.25) is 5.89 Å². The summed E-state index contributed by atoms with van der Waals surface area (Å²) < 4.78 is 10.6. The van der Waals surface area contributed by atoms with Crippen molar-refractivity contribution in [2.75, 3.05) is 6.61 Å². The van der Waals surface area contributed by atoms with Crippen molar-refractivity contribution in [1.82, 2.24) is 4.98 Å². The van der Waals surface area contributed by atoms with Crippen molar-refractivity contribution in [2.45, 2.75) is 39.5 Å². The number of carbonyl (C=O) groups excluding carboxylic acids is 1. The summed E-state index contributed by atoms with van der Waals surface area (Å²) in [6, 6.07) is 8.15. The molecule has 2 rings (SSSR count). The van der Waals surface area contributed by atoms with Crippen LogP contribution < -0.4 is 0 Å². The van der Waals surface area contributed by atoms with Crippen molar-refractivity contribution in [2.24, 2.45) is 0 Å². The molecule has 0 saturated carbocycles. The maximum absolute atomic E-state index is 11.7. The van der Waals surface area contributed by atoms with E-state index in [1.54, 1.807) is 6.92 Å². The maximum atomic E-state index is 11.7. The molecule has 4 heteroatoms. The Morgan fingerprint density at radius 1 is 1.30 bits per heavy atom. The van der Waals surface area contributed by atoms with Crippen LogP contribution in [0.4, 0.5) is 0 Å². The van der Waals surface area contributed by atoms with Crippen molar-refractivity contribution in [1.29, 1.82) is 0 Å². The predicted molar refractivity (Wildman–Crippen MR) is 91.1 cm³/mol. The Morgan fingerprint density at radius 2 is 1.96 bits per heavy atom. The summed E-state index contributed by atoms with van der Waals surface area (Å²) in [6.07, 6.45) is 1.59. The molecule has 0 bridgehead atoms. The van der Waals surface area contributed by atoms with Crippen LogP contribution in [0.15, 0.2) is 35.3 Å². The molecule has 0 aliphatic heterocycles. The Bertz CT molecular complexity index is 690. The number of ether oxygens (including phenoxy) is 1. The fourth-order valence-corrected chi connectivity index (χ4v) is 2.27. The summed E-state index contributed by atoms with van der Waals surface area (Å²) in [7, 11) is 0. The number of esters is 1. The largest absolute Gasteiger partial charge is 0.466 e. The maximum Gasteiger partial charge on any atom is 0.313 e. The number of rotatable bonds is 5. The highest BCUT2D eigenvalue weighted by atomic mass is 16.5. The molecule has 1 aromatic carbocycles. The third-order valence-corrected chi connectivity index (χ3v) is 3.52. The van der Waals surface area contributed by atoms with Crippen molar-refractivity contribution in [3.63, 3.8) is 0 Å². The van der Waals surface area contributed by atoms with Gasteiger partial charge in [0.15, 0.2) is 0 Å². The molecule has 0 radical (unpaired) electrons. The second kappa shape index (κ2) is 6.82. The van der Waals surface area contributed by atoms with Gasteiger partial charge in [-0.2, -0.15) is 0 Å². The Morgan fingerprint density at radius 3 is 2.48 bits per heavy atom. The van der Waals surface area contributed by atoms with Gasteiger partial charge in [-0.1, -0.05) is 51.6 Å². The monoisotopic (exact) mass is 313 g/mol. The number of hydrogen-bond acceptors (Lipinski definition) is 4. The van der Waals surface area contributed by atoms with E-state index in [1.165, 1.54) is 11.6 Å². The number of carbonyl (C=O) groups is 1. The van der Waals surface area contributed by atoms with Gasteiger partial charge in [-0.05, 0) is 24.0 Å². The Labute approximate surface area is 137 Å². The van der Waals surface area contributed by atoms with Crippen molar-refractivity contribution in [3.8, 4) is 11.3 Å². The molecule has 0 aliphatic carbocycles. The number of oxazole rings is 1. The summed E-state index contributed by atoms with van der Waals surface area (Å²) in [5.41, 5.74) is 2.89. The van der Waals surface area contributed by atoms with Crippen LogP contribution in [0.25, 0.3) is 17.3 Å². The van der Waals surface area contributed by atoms with Crippen LogP contribution in [0.3, 0.4) is 0 Å². The van der Waals surface area contributed by atoms with Gasteiger partial charge in [0, 0.05) is 5.56 Å². The lowest BCUT2D eigenvalue weighted by molar-refractivity contribution is -0.142. The molecule has 0 aliphatic rings. The minimum Gasteiger partial charge on any atom is -0.466 e. The first-order chi connectivity index (χ1) is 10.8. The van der Waals surface area contributed by atoms with E-state index in [4.69, 9.17) is 9.15 Å². The lowest BCUT2D eigenvalue weighted by Crippen LogP contribution is -2.10. The second-order valence-corrected chi connectivity index (χ2v) is 6.34. The molecule has 0 saturated heterocycles. The Kier molecular flexibility index (Phi) is 5.04. The quantitative estimate of drug-likeness (QED) is 0.768. The van der Waals surface area contributed by atoms with Crippen LogP contribution in [-0.2, 0) is 21.4 Å². The summed E-state index contributed by atoms with van der Waals surface area (Å²) in [4.78, 5) is 16.2. The van der Waals surface area contributed by atoms with Crippen LogP contribution in [0.1, 0.15) is 44.9 Å². The molecular formula is C19H23NO3. The number of hydrogen-bond donors (Lipinski definition) is 0. The SMILES string of the molecule is C=Cc1nc(-c2ccc(C(C)(C)C)cc2)c(CC(=O)OCC)o1. The fraction of sp³-hybridized carbons (Fsp3) is 0.368. The second-order valence-electron chi connectivity index (χ2n) is 6.34. The van der Waals surface area contributed by atoms with E-state index in [0.717, 1.165) is 5.56 Å². The minimum absolute atomic E-state index is 0.0606. The van der Waals surface area contributed by atoms with Gasteiger partial charge in [0.25, 0.3) is 0 Å². The van der Waals surface area contributed by atoms with E-state index in [0.29, 0.717) is 24.0 Å². The summed E-state index contributed by atoms with van der Waals surface area (Å²) in [5, 5.41) is 0. The highest BCUT2D eigenvalue weighted by Crippen LogP contribution is 2.28. The van der Waals surface area contributed by atoms with Crippen molar-refractivity contribution in [3.05, 3.63) is 48.1 Å². The van der Waals surface area contributed by atoms with Crippen LogP contribution >= 0.6 is 0 Å². The smallest absolute Gasteiger partial charge is 0.313 e. The molecule has 0 fully saturated rings. The van der Waals surface area contributed by atoms with Gasteiger partial charge in [-0.15, -0.1) is 0 Å². The molecule has 0 atom stereocenters. The molecule has 122 valence electrons. The summed E-state index contributed by atoms with van der Waals surface area (Å²) in [5.74, 6) is 0.577. The molecule has 0 N–H and O–H groups in total. The lowest BCUT2D eigenvalue weighted by Gasteiger charge is -2.19. The normalized spacial score (nSPS) is 11.3. The van der Waals surface area contributed by atoms with Gasteiger partial charge in [0.05, 0.1) is 6.61 Å².